The molecule has 7 heteroatoms. The van der Waals surface area contributed by atoms with E-state index in [1.807, 2.05) is 6.07 Å². The smallest absolute Gasteiger partial charge is 0.388 e. The third-order valence-corrected chi connectivity index (χ3v) is 4.45. The first kappa shape index (κ1) is 15.1. The third kappa shape index (κ3) is 3.51. The van der Waals surface area contributed by atoms with E-state index in [4.69, 9.17) is 21.8 Å². The van der Waals surface area contributed by atoms with Gasteiger partial charge in [0.1, 0.15) is 0 Å². The lowest BCUT2D eigenvalue weighted by Gasteiger charge is -2.26. The van der Waals surface area contributed by atoms with Crippen LogP contribution in [0.1, 0.15) is 25.7 Å². The number of nitrogens with zero attached hydrogens (tertiary/aromatic N) is 1. The largest absolute Gasteiger partial charge is 0.434 e. The Morgan fingerprint density at radius 2 is 2.14 bits per heavy atom. The number of rotatable bonds is 4. The van der Waals surface area contributed by atoms with Gasteiger partial charge in [0.05, 0.1) is 10.7 Å². The number of anilines is 1. The predicted molar refractivity (Wildman–Crippen MR) is 86.0 cm³/mol. The van der Waals surface area contributed by atoms with Crippen LogP contribution in [-0.2, 0) is 0 Å². The van der Waals surface area contributed by atoms with Gasteiger partial charge in [0.15, 0.2) is 0 Å². The van der Waals surface area contributed by atoms with E-state index in [9.17, 15) is 4.79 Å². The Labute approximate surface area is 133 Å². The zero-order chi connectivity index (χ0) is 15.5. The molecule has 0 saturated heterocycles. The zero-order valence-corrected chi connectivity index (χ0v) is 12.9. The Hall–Kier alpha value is -1.79. The standard InChI is InChI=1S/C15H19ClN4O2/c16-12-6-3-10(14-19-20-15(21)22-14)7-13(12)18-8-9-1-4-11(17)5-2-9/h3,6-7,9,11,18H,1-2,4-5,8,17H2,(H,20,21)/t9-,11-. The fraction of sp³-hybridized carbons (Fsp3) is 0.467. The average molecular weight is 323 g/mol. The maximum absolute atomic E-state index is 11.0. The molecule has 2 aromatic rings. The lowest BCUT2D eigenvalue weighted by Crippen LogP contribution is -2.29. The number of hydrogen-bond acceptors (Lipinski definition) is 5. The lowest BCUT2D eigenvalue weighted by atomic mass is 9.86. The van der Waals surface area contributed by atoms with Crippen molar-refractivity contribution in [2.45, 2.75) is 31.7 Å². The molecule has 0 radical (unpaired) electrons. The van der Waals surface area contributed by atoms with E-state index < -0.39 is 5.76 Å². The van der Waals surface area contributed by atoms with Crippen LogP contribution in [0.25, 0.3) is 11.5 Å². The third-order valence-electron chi connectivity index (χ3n) is 4.12. The highest BCUT2D eigenvalue weighted by atomic mass is 35.5. The molecule has 1 aliphatic carbocycles. The summed E-state index contributed by atoms with van der Waals surface area (Å²) in [6.45, 7) is 0.862. The second-order valence-electron chi connectivity index (χ2n) is 5.77. The fourth-order valence-electron chi connectivity index (χ4n) is 2.79. The second-order valence-corrected chi connectivity index (χ2v) is 6.18. The van der Waals surface area contributed by atoms with Gasteiger partial charge in [0.2, 0.25) is 5.89 Å². The summed E-state index contributed by atoms with van der Waals surface area (Å²) >= 11 is 6.23. The van der Waals surface area contributed by atoms with E-state index >= 15 is 0 Å². The van der Waals surface area contributed by atoms with Crippen LogP contribution in [0.2, 0.25) is 5.02 Å². The minimum atomic E-state index is -0.571. The first-order valence-corrected chi connectivity index (χ1v) is 7.84. The summed E-state index contributed by atoms with van der Waals surface area (Å²) in [5.41, 5.74) is 7.45. The molecular weight excluding hydrogens is 304 g/mol. The molecule has 22 heavy (non-hydrogen) atoms. The van der Waals surface area contributed by atoms with Crippen molar-refractivity contribution in [2.75, 3.05) is 11.9 Å². The molecule has 3 rings (SSSR count). The summed E-state index contributed by atoms with van der Waals surface area (Å²) in [7, 11) is 0. The molecule has 118 valence electrons. The van der Waals surface area contributed by atoms with E-state index in [0.717, 1.165) is 37.9 Å². The summed E-state index contributed by atoms with van der Waals surface area (Å²) < 4.78 is 4.96. The Morgan fingerprint density at radius 3 is 2.82 bits per heavy atom. The van der Waals surface area contributed by atoms with Gasteiger partial charge in [-0.05, 0) is 49.8 Å². The van der Waals surface area contributed by atoms with Gasteiger partial charge in [-0.2, -0.15) is 0 Å². The van der Waals surface area contributed by atoms with Crippen molar-refractivity contribution in [3.63, 3.8) is 0 Å². The van der Waals surface area contributed by atoms with Crippen LogP contribution in [0, 0.1) is 5.92 Å². The molecule has 6 nitrogen and oxygen atoms in total. The lowest BCUT2D eigenvalue weighted by molar-refractivity contribution is 0.339. The molecular formula is C15H19ClN4O2. The number of aromatic amines is 1. The quantitative estimate of drug-likeness (QED) is 0.804. The van der Waals surface area contributed by atoms with Crippen LogP contribution < -0.4 is 16.8 Å². The molecule has 1 aromatic carbocycles. The average Bonchev–Trinajstić information content (AvgIpc) is 2.95. The molecule has 1 saturated carbocycles. The highest BCUT2D eigenvalue weighted by Crippen LogP contribution is 2.29. The molecule has 0 unspecified atom stereocenters. The van der Waals surface area contributed by atoms with Gasteiger partial charge in [-0.1, -0.05) is 11.6 Å². The number of aromatic nitrogens is 2. The van der Waals surface area contributed by atoms with Gasteiger partial charge in [0.25, 0.3) is 0 Å². The summed E-state index contributed by atoms with van der Waals surface area (Å²) in [4.78, 5) is 11.0. The second kappa shape index (κ2) is 6.54. The van der Waals surface area contributed by atoms with Crippen LogP contribution in [0.15, 0.2) is 27.4 Å². The predicted octanol–water partition coefficient (Wildman–Crippen LogP) is 2.61. The summed E-state index contributed by atoms with van der Waals surface area (Å²) in [5.74, 6) is 0.300. The maximum Gasteiger partial charge on any atom is 0.434 e. The molecule has 0 bridgehead atoms. The molecule has 1 heterocycles. The van der Waals surface area contributed by atoms with Gasteiger partial charge >= 0.3 is 5.76 Å². The Bertz CT molecular complexity index is 689. The van der Waals surface area contributed by atoms with Gasteiger partial charge in [0, 0.05) is 18.2 Å². The van der Waals surface area contributed by atoms with E-state index in [1.54, 1.807) is 12.1 Å². The van der Waals surface area contributed by atoms with Crippen molar-refractivity contribution >= 4 is 17.3 Å². The number of H-pyrrole nitrogens is 1. The first-order valence-electron chi connectivity index (χ1n) is 7.46. The van der Waals surface area contributed by atoms with Crippen molar-refractivity contribution in [1.29, 1.82) is 0 Å². The summed E-state index contributed by atoms with van der Waals surface area (Å²) in [5, 5.41) is 10.1. The van der Waals surface area contributed by atoms with Crippen LogP contribution in [-0.4, -0.2) is 22.8 Å². The minimum Gasteiger partial charge on any atom is -0.388 e. The van der Waals surface area contributed by atoms with Crippen molar-refractivity contribution < 1.29 is 4.42 Å². The van der Waals surface area contributed by atoms with E-state index in [0.29, 0.717) is 22.5 Å². The molecule has 0 amide bonds. The Kier molecular flexibility index (Phi) is 4.49. The highest BCUT2D eigenvalue weighted by molar-refractivity contribution is 6.33. The first-order chi connectivity index (χ1) is 10.6. The van der Waals surface area contributed by atoms with E-state index in [1.165, 1.54) is 0 Å². The number of benzene rings is 1. The Morgan fingerprint density at radius 1 is 1.36 bits per heavy atom. The molecule has 4 N–H and O–H groups in total. The number of hydrogen-bond donors (Lipinski definition) is 3. The number of nitrogens with one attached hydrogen (secondary N) is 2. The normalized spacial score (nSPS) is 21.7. The number of nitrogens with two attached hydrogens (primary N) is 1. The minimum absolute atomic E-state index is 0.258. The highest BCUT2D eigenvalue weighted by Gasteiger charge is 2.18. The Balaban J connectivity index is 1.69. The van der Waals surface area contributed by atoms with Gasteiger partial charge in [-0.25, -0.2) is 9.89 Å². The summed E-state index contributed by atoms with van der Waals surface area (Å²) in [6, 6.07) is 5.73. The monoisotopic (exact) mass is 322 g/mol. The molecule has 0 spiro atoms. The van der Waals surface area contributed by atoms with Crippen molar-refractivity contribution in [2.24, 2.45) is 11.7 Å². The maximum atomic E-state index is 11.0. The van der Waals surface area contributed by atoms with Crippen LogP contribution in [0.3, 0.4) is 0 Å². The van der Waals surface area contributed by atoms with Crippen molar-refractivity contribution in [3.8, 4) is 11.5 Å². The fourth-order valence-corrected chi connectivity index (χ4v) is 2.98. The van der Waals surface area contributed by atoms with Crippen LogP contribution in [0.5, 0.6) is 0 Å². The summed E-state index contributed by atoms with van der Waals surface area (Å²) in [6.07, 6.45) is 4.44. The van der Waals surface area contributed by atoms with Crippen molar-refractivity contribution in [3.05, 3.63) is 33.8 Å². The van der Waals surface area contributed by atoms with Gasteiger partial charge in [-0.3, -0.25) is 0 Å². The van der Waals surface area contributed by atoms with Gasteiger partial charge < -0.3 is 15.5 Å². The SMILES string of the molecule is N[C@H]1CC[C@H](CNc2cc(-c3n[nH]c(=O)o3)ccc2Cl)CC1. The van der Waals surface area contributed by atoms with E-state index in [2.05, 4.69) is 15.5 Å². The molecule has 0 aliphatic heterocycles. The van der Waals surface area contributed by atoms with E-state index in [-0.39, 0.29) is 5.89 Å². The molecule has 1 aromatic heterocycles. The molecule has 1 fully saturated rings. The number of halogens is 1. The molecule has 1 aliphatic rings. The van der Waals surface area contributed by atoms with Gasteiger partial charge in [-0.15, -0.1) is 5.10 Å². The van der Waals surface area contributed by atoms with Crippen LogP contribution >= 0.6 is 11.6 Å². The molecule has 0 atom stereocenters. The van der Waals surface area contributed by atoms with Crippen molar-refractivity contribution in [1.82, 2.24) is 10.2 Å². The topological polar surface area (TPSA) is 96.9 Å². The zero-order valence-electron chi connectivity index (χ0n) is 12.1. The van der Waals surface area contributed by atoms with Crippen LogP contribution in [0.4, 0.5) is 5.69 Å².